The van der Waals surface area contributed by atoms with E-state index in [0.29, 0.717) is 17.6 Å². The highest BCUT2D eigenvalue weighted by molar-refractivity contribution is 7.80. The molecule has 9 heteroatoms. The standard InChI is InChI=1S/C25H28N6OS2/c1-2-27-24-29-30-25(34-24)28-14-16-6-7-20-21(17-4-3-5-18(13-17)23(26)33)15-31(22(20)12-16)19-8-10-32-11-9-19/h3-7,12-13,15,19H,2,8-11,14H2,1H3,(H2,26,33)(H,27,29)(H,28,30). The number of thiocarbonyl (C=S) groups is 1. The van der Waals surface area contributed by atoms with E-state index < -0.39 is 0 Å². The summed E-state index contributed by atoms with van der Waals surface area (Å²) in [5.41, 5.74) is 11.5. The number of aromatic nitrogens is 3. The molecule has 0 bridgehead atoms. The summed E-state index contributed by atoms with van der Waals surface area (Å²) < 4.78 is 8.06. The van der Waals surface area contributed by atoms with Crippen LogP contribution in [0.4, 0.5) is 10.3 Å². The van der Waals surface area contributed by atoms with Gasteiger partial charge in [-0.3, -0.25) is 0 Å². The second-order valence-corrected chi connectivity index (χ2v) is 9.80. The van der Waals surface area contributed by atoms with Crippen molar-refractivity contribution in [3.8, 4) is 11.1 Å². The van der Waals surface area contributed by atoms with E-state index in [1.807, 2.05) is 19.1 Å². The van der Waals surface area contributed by atoms with Gasteiger partial charge < -0.3 is 25.7 Å². The number of benzene rings is 2. The lowest BCUT2D eigenvalue weighted by Crippen LogP contribution is -2.19. The quantitative estimate of drug-likeness (QED) is 0.292. The molecule has 2 aromatic heterocycles. The molecule has 2 aromatic carbocycles. The Balaban J connectivity index is 1.50. The summed E-state index contributed by atoms with van der Waals surface area (Å²) in [6, 6.07) is 15.3. The van der Waals surface area contributed by atoms with Crippen LogP contribution in [0.3, 0.4) is 0 Å². The van der Waals surface area contributed by atoms with Gasteiger partial charge in [0, 0.05) is 60.6 Å². The summed E-state index contributed by atoms with van der Waals surface area (Å²) in [5.74, 6) is 0. The number of anilines is 2. The molecule has 0 amide bonds. The van der Waals surface area contributed by atoms with Gasteiger partial charge in [-0.2, -0.15) is 0 Å². The summed E-state index contributed by atoms with van der Waals surface area (Å²) in [7, 11) is 0. The minimum Gasteiger partial charge on any atom is -0.389 e. The van der Waals surface area contributed by atoms with Gasteiger partial charge in [-0.15, -0.1) is 10.2 Å². The van der Waals surface area contributed by atoms with Crippen LogP contribution >= 0.6 is 23.6 Å². The molecule has 7 nitrogen and oxygen atoms in total. The first kappa shape index (κ1) is 22.8. The molecule has 0 unspecified atom stereocenters. The normalized spacial score (nSPS) is 14.4. The SMILES string of the molecule is CCNc1nnc(NCc2ccc3c(-c4cccc(C(N)=S)c4)cn(C4CCOCC4)c3c2)s1. The van der Waals surface area contributed by atoms with Crippen molar-refractivity contribution in [1.29, 1.82) is 0 Å². The van der Waals surface area contributed by atoms with Crippen LogP contribution in [0.5, 0.6) is 0 Å². The Morgan fingerprint density at radius 1 is 1.15 bits per heavy atom. The molecule has 1 aliphatic rings. The second-order valence-electron chi connectivity index (χ2n) is 8.39. The van der Waals surface area contributed by atoms with Crippen molar-refractivity contribution in [1.82, 2.24) is 14.8 Å². The molecule has 1 saturated heterocycles. The molecule has 1 fully saturated rings. The van der Waals surface area contributed by atoms with Crippen LogP contribution in [0, 0.1) is 0 Å². The Morgan fingerprint density at radius 3 is 2.71 bits per heavy atom. The lowest BCUT2D eigenvalue weighted by Gasteiger charge is -2.24. The molecule has 0 aliphatic carbocycles. The summed E-state index contributed by atoms with van der Waals surface area (Å²) in [5, 5.41) is 17.9. The Labute approximate surface area is 208 Å². The predicted octanol–water partition coefficient (Wildman–Crippen LogP) is 5.19. The van der Waals surface area contributed by atoms with E-state index >= 15 is 0 Å². The predicted molar refractivity (Wildman–Crippen MR) is 144 cm³/mol. The molecule has 176 valence electrons. The van der Waals surface area contributed by atoms with Gasteiger partial charge >= 0.3 is 0 Å². The fraction of sp³-hybridized carbons (Fsp3) is 0.320. The van der Waals surface area contributed by atoms with E-state index in [1.165, 1.54) is 33.4 Å². The van der Waals surface area contributed by atoms with Crippen molar-refractivity contribution in [2.45, 2.75) is 32.4 Å². The van der Waals surface area contributed by atoms with Crippen molar-refractivity contribution < 1.29 is 4.74 Å². The largest absolute Gasteiger partial charge is 0.389 e. The van der Waals surface area contributed by atoms with Crippen molar-refractivity contribution in [2.24, 2.45) is 5.73 Å². The van der Waals surface area contributed by atoms with E-state index in [4.69, 9.17) is 22.7 Å². The highest BCUT2D eigenvalue weighted by Crippen LogP contribution is 2.36. The maximum Gasteiger partial charge on any atom is 0.207 e. The molecule has 4 N–H and O–H groups in total. The Hall–Kier alpha value is -3.01. The van der Waals surface area contributed by atoms with Crippen molar-refractivity contribution in [3.63, 3.8) is 0 Å². The fourth-order valence-corrected chi connectivity index (χ4v) is 5.27. The van der Waals surface area contributed by atoms with Crippen molar-refractivity contribution in [2.75, 3.05) is 30.4 Å². The highest BCUT2D eigenvalue weighted by Gasteiger charge is 2.20. The van der Waals surface area contributed by atoms with Crippen LogP contribution in [-0.4, -0.2) is 39.5 Å². The topological polar surface area (TPSA) is 90.0 Å². The maximum absolute atomic E-state index is 5.91. The van der Waals surface area contributed by atoms with Gasteiger partial charge in [-0.05, 0) is 43.0 Å². The molecule has 34 heavy (non-hydrogen) atoms. The number of nitrogens with zero attached hydrogens (tertiary/aromatic N) is 3. The first-order chi connectivity index (χ1) is 16.6. The summed E-state index contributed by atoms with van der Waals surface area (Å²) in [6.45, 7) is 5.15. The number of rotatable bonds is 8. The lowest BCUT2D eigenvalue weighted by molar-refractivity contribution is 0.0707. The molecule has 0 saturated carbocycles. The third-order valence-electron chi connectivity index (χ3n) is 6.14. The van der Waals surface area contributed by atoms with Crippen molar-refractivity contribution in [3.05, 3.63) is 59.8 Å². The number of hydrogen-bond acceptors (Lipinski definition) is 7. The molecule has 4 aromatic rings. The number of fused-ring (bicyclic) bond motifs is 1. The highest BCUT2D eigenvalue weighted by atomic mass is 32.1. The number of ether oxygens (including phenoxy) is 1. The minimum atomic E-state index is 0.414. The minimum absolute atomic E-state index is 0.414. The van der Waals surface area contributed by atoms with Crippen LogP contribution in [0.15, 0.2) is 48.7 Å². The number of nitrogens with two attached hydrogens (primary N) is 1. The van der Waals surface area contributed by atoms with Crippen LogP contribution < -0.4 is 16.4 Å². The van der Waals surface area contributed by atoms with Crippen LogP contribution in [0.2, 0.25) is 0 Å². The van der Waals surface area contributed by atoms with Crippen LogP contribution in [0.1, 0.15) is 36.9 Å². The van der Waals surface area contributed by atoms with E-state index in [-0.39, 0.29) is 0 Å². The van der Waals surface area contributed by atoms with E-state index in [2.05, 4.69) is 61.9 Å². The Kier molecular flexibility index (Phi) is 6.75. The van der Waals surface area contributed by atoms with Gasteiger partial charge in [0.05, 0.1) is 0 Å². The molecular formula is C25H28N6OS2. The summed E-state index contributed by atoms with van der Waals surface area (Å²) in [6.07, 6.45) is 4.30. The fourth-order valence-electron chi connectivity index (χ4n) is 4.44. The van der Waals surface area contributed by atoms with Gasteiger partial charge in [0.2, 0.25) is 10.3 Å². The average molecular weight is 493 g/mol. The monoisotopic (exact) mass is 492 g/mol. The van der Waals surface area contributed by atoms with Gasteiger partial charge in [-0.25, -0.2) is 0 Å². The third-order valence-corrected chi connectivity index (χ3v) is 7.21. The third kappa shape index (κ3) is 4.77. The average Bonchev–Trinajstić information content (AvgIpc) is 3.48. The van der Waals surface area contributed by atoms with Crippen molar-refractivity contribution >= 4 is 49.7 Å². The van der Waals surface area contributed by atoms with Gasteiger partial charge in [-0.1, -0.05) is 53.9 Å². The second kappa shape index (κ2) is 10.1. The molecule has 1 aliphatic heterocycles. The van der Waals surface area contributed by atoms with E-state index in [1.54, 1.807) is 0 Å². The lowest BCUT2D eigenvalue weighted by atomic mass is 10.0. The van der Waals surface area contributed by atoms with Gasteiger partial charge in [0.25, 0.3) is 0 Å². The first-order valence-corrected chi connectivity index (χ1v) is 12.8. The maximum atomic E-state index is 5.91. The zero-order valence-corrected chi connectivity index (χ0v) is 20.7. The Morgan fingerprint density at radius 2 is 1.94 bits per heavy atom. The van der Waals surface area contributed by atoms with Gasteiger partial charge in [0.1, 0.15) is 4.99 Å². The number of nitrogens with one attached hydrogen (secondary N) is 2. The zero-order valence-electron chi connectivity index (χ0n) is 19.1. The zero-order chi connectivity index (χ0) is 23.5. The molecule has 5 rings (SSSR count). The summed E-state index contributed by atoms with van der Waals surface area (Å²) >= 11 is 6.74. The van der Waals surface area contributed by atoms with E-state index in [0.717, 1.165) is 54.0 Å². The molecule has 0 radical (unpaired) electrons. The van der Waals surface area contributed by atoms with Crippen LogP contribution in [0.25, 0.3) is 22.0 Å². The molecule has 3 heterocycles. The first-order valence-electron chi connectivity index (χ1n) is 11.5. The Bertz CT molecular complexity index is 1310. The molecule has 0 atom stereocenters. The van der Waals surface area contributed by atoms with Crippen LogP contribution in [-0.2, 0) is 11.3 Å². The summed E-state index contributed by atoms with van der Waals surface area (Å²) in [4.78, 5) is 0.414. The molecule has 0 spiro atoms. The number of hydrogen-bond donors (Lipinski definition) is 3. The van der Waals surface area contributed by atoms with E-state index in [9.17, 15) is 0 Å². The molecular weight excluding hydrogens is 464 g/mol. The smallest absolute Gasteiger partial charge is 0.207 e. The van der Waals surface area contributed by atoms with Gasteiger partial charge in [0.15, 0.2) is 0 Å².